The molecule has 0 aliphatic carbocycles. The lowest BCUT2D eigenvalue weighted by atomic mass is 10.2. The summed E-state index contributed by atoms with van der Waals surface area (Å²) in [6, 6.07) is 4.15. The molecule has 88 valence electrons. The number of hydrogen-bond acceptors (Lipinski definition) is 3. The molecule has 16 heavy (non-hydrogen) atoms. The van der Waals surface area contributed by atoms with Crippen LogP contribution in [0.4, 0.5) is 5.82 Å². The Balaban J connectivity index is 2.14. The molecule has 4 heteroatoms. The molecule has 1 aliphatic rings. The van der Waals surface area contributed by atoms with Crippen LogP contribution in [0.2, 0.25) is 0 Å². The molecule has 0 aromatic carbocycles. The van der Waals surface area contributed by atoms with E-state index in [0.717, 1.165) is 24.2 Å². The zero-order valence-electron chi connectivity index (χ0n) is 9.69. The van der Waals surface area contributed by atoms with Crippen molar-refractivity contribution in [3.63, 3.8) is 0 Å². The highest BCUT2D eigenvalue weighted by atomic mass is 79.9. The molecular weight excluding hydrogens is 268 g/mol. The van der Waals surface area contributed by atoms with E-state index in [1.165, 1.54) is 5.56 Å². The predicted octanol–water partition coefficient (Wildman–Crippen LogP) is 2.38. The molecule has 2 atom stereocenters. The minimum atomic E-state index is 0.256. The Morgan fingerprint density at radius 3 is 3.06 bits per heavy atom. The van der Waals surface area contributed by atoms with Crippen LogP contribution in [0.1, 0.15) is 12.5 Å². The van der Waals surface area contributed by atoms with Gasteiger partial charge in [-0.3, -0.25) is 0 Å². The summed E-state index contributed by atoms with van der Waals surface area (Å²) in [6.45, 7) is 6.03. The van der Waals surface area contributed by atoms with Crippen molar-refractivity contribution in [2.24, 2.45) is 0 Å². The van der Waals surface area contributed by atoms with Crippen LogP contribution in [0.25, 0.3) is 0 Å². The molecule has 2 heterocycles. The highest BCUT2D eigenvalue weighted by Gasteiger charge is 2.25. The molecule has 3 nitrogen and oxygen atoms in total. The molecule has 1 aliphatic heterocycles. The van der Waals surface area contributed by atoms with Gasteiger partial charge in [0.2, 0.25) is 0 Å². The van der Waals surface area contributed by atoms with Gasteiger partial charge in [0.05, 0.1) is 12.2 Å². The predicted molar refractivity (Wildman–Crippen MR) is 69.3 cm³/mol. The number of halogens is 1. The molecule has 1 aromatic heterocycles. The van der Waals surface area contributed by atoms with Crippen LogP contribution >= 0.6 is 15.9 Å². The average molecular weight is 285 g/mol. The molecule has 0 N–H and O–H groups in total. The first kappa shape index (κ1) is 11.9. The van der Waals surface area contributed by atoms with Gasteiger partial charge in [0.15, 0.2) is 0 Å². The number of aryl methyl sites for hydroxylation is 1. The Morgan fingerprint density at radius 1 is 1.56 bits per heavy atom. The van der Waals surface area contributed by atoms with Crippen molar-refractivity contribution >= 4 is 21.7 Å². The Labute approximate surface area is 105 Å². The second-order valence-corrected chi connectivity index (χ2v) is 4.97. The molecule has 1 saturated heterocycles. The summed E-state index contributed by atoms with van der Waals surface area (Å²) in [5, 5.41) is 0.875. The van der Waals surface area contributed by atoms with Crippen molar-refractivity contribution in [1.29, 1.82) is 0 Å². The number of aromatic nitrogens is 1. The lowest BCUT2D eigenvalue weighted by Gasteiger charge is -2.36. The van der Waals surface area contributed by atoms with Gasteiger partial charge < -0.3 is 9.64 Å². The largest absolute Gasteiger partial charge is 0.371 e. The summed E-state index contributed by atoms with van der Waals surface area (Å²) in [6.07, 6.45) is 2.39. The monoisotopic (exact) mass is 284 g/mol. The zero-order chi connectivity index (χ0) is 11.5. The lowest BCUT2D eigenvalue weighted by molar-refractivity contribution is -0.00223. The molecule has 0 spiro atoms. The van der Waals surface area contributed by atoms with Crippen LogP contribution in [-0.4, -0.2) is 35.6 Å². The van der Waals surface area contributed by atoms with Crippen molar-refractivity contribution < 1.29 is 4.74 Å². The van der Waals surface area contributed by atoms with Crippen LogP contribution in [0.15, 0.2) is 18.3 Å². The van der Waals surface area contributed by atoms with E-state index in [0.29, 0.717) is 0 Å². The summed E-state index contributed by atoms with van der Waals surface area (Å²) >= 11 is 3.48. The second-order valence-electron chi connectivity index (χ2n) is 4.32. The van der Waals surface area contributed by atoms with E-state index in [9.17, 15) is 0 Å². The van der Waals surface area contributed by atoms with E-state index in [2.05, 4.69) is 45.7 Å². The Kier molecular flexibility index (Phi) is 3.82. The Hall–Kier alpha value is -0.610. The maximum absolute atomic E-state index is 5.80. The Bertz CT molecular complexity index is 359. The third-order valence-corrected chi connectivity index (χ3v) is 3.45. The van der Waals surface area contributed by atoms with Gasteiger partial charge in [0.1, 0.15) is 5.82 Å². The van der Waals surface area contributed by atoms with E-state index >= 15 is 0 Å². The van der Waals surface area contributed by atoms with Gasteiger partial charge in [0.25, 0.3) is 0 Å². The number of morpholine rings is 1. The van der Waals surface area contributed by atoms with Crippen LogP contribution in [-0.2, 0) is 4.74 Å². The van der Waals surface area contributed by atoms with E-state index in [4.69, 9.17) is 4.74 Å². The van der Waals surface area contributed by atoms with Crippen molar-refractivity contribution in [2.45, 2.75) is 26.1 Å². The fourth-order valence-corrected chi connectivity index (χ4v) is 2.37. The number of hydrogen-bond donors (Lipinski definition) is 0. The quantitative estimate of drug-likeness (QED) is 0.780. The van der Waals surface area contributed by atoms with Crippen LogP contribution < -0.4 is 4.90 Å². The molecule has 0 bridgehead atoms. The number of ether oxygens (including phenoxy) is 1. The molecule has 1 fully saturated rings. The van der Waals surface area contributed by atoms with Gasteiger partial charge >= 0.3 is 0 Å². The van der Waals surface area contributed by atoms with E-state index < -0.39 is 0 Å². The average Bonchev–Trinajstić information content (AvgIpc) is 2.28. The minimum absolute atomic E-state index is 0.256. The SMILES string of the molecule is Cc1ccnc(N2CC(C)OC(CBr)C2)c1. The van der Waals surface area contributed by atoms with Gasteiger partial charge in [-0.25, -0.2) is 4.98 Å². The maximum Gasteiger partial charge on any atom is 0.128 e. The molecule has 2 rings (SSSR count). The number of anilines is 1. The smallest absolute Gasteiger partial charge is 0.128 e. The highest BCUT2D eigenvalue weighted by molar-refractivity contribution is 9.09. The molecule has 0 amide bonds. The van der Waals surface area contributed by atoms with Crippen LogP contribution in [0.3, 0.4) is 0 Å². The summed E-state index contributed by atoms with van der Waals surface area (Å²) in [5.41, 5.74) is 1.25. The van der Waals surface area contributed by atoms with Crippen molar-refractivity contribution in [1.82, 2.24) is 4.98 Å². The van der Waals surface area contributed by atoms with Gasteiger partial charge in [0, 0.05) is 24.6 Å². The second kappa shape index (κ2) is 5.15. The Morgan fingerprint density at radius 2 is 2.38 bits per heavy atom. The molecule has 1 aromatic rings. The van der Waals surface area contributed by atoms with Gasteiger partial charge in [-0.15, -0.1) is 0 Å². The first-order chi connectivity index (χ1) is 7.69. The van der Waals surface area contributed by atoms with E-state index in [1.54, 1.807) is 0 Å². The maximum atomic E-state index is 5.80. The van der Waals surface area contributed by atoms with Crippen molar-refractivity contribution in [3.05, 3.63) is 23.9 Å². The number of rotatable bonds is 2. The standard InChI is InChI=1S/C12H17BrN2O/c1-9-3-4-14-12(5-9)15-7-10(2)16-11(6-13)8-15/h3-5,10-11H,6-8H2,1-2H3. The molecule has 2 unspecified atom stereocenters. The van der Waals surface area contributed by atoms with E-state index in [1.807, 2.05) is 12.3 Å². The van der Waals surface area contributed by atoms with Crippen molar-refractivity contribution in [2.75, 3.05) is 23.3 Å². The summed E-state index contributed by atoms with van der Waals surface area (Å²) in [4.78, 5) is 6.72. The first-order valence-corrected chi connectivity index (χ1v) is 6.70. The van der Waals surface area contributed by atoms with Crippen molar-refractivity contribution in [3.8, 4) is 0 Å². The van der Waals surface area contributed by atoms with Crippen LogP contribution in [0, 0.1) is 6.92 Å². The van der Waals surface area contributed by atoms with Gasteiger partial charge in [-0.1, -0.05) is 15.9 Å². The highest BCUT2D eigenvalue weighted by Crippen LogP contribution is 2.19. The van der Waals surface area contributed by atoms with Gasteiger partial charge in [-0.05, 0) is 31.5 Å². The summed E-state index contributed by atoms with van der Waals surface area (Å²) in [5.74, 6) is 1.06. The summed E-state index contributed by atoms with van der Waals surface area (Å²) < 4.78 is 5.80. The molecule has 0 saturated carbocycles. The van der Waals surface area contributed by atoms with Gasteiger partial charge in [-0.2, -0.15) is 0 Å². The third-order valence-electron chi connectivity index (χ3n) is 2.72. The fourth-order valence-electron chi connectivity index (χ4n) is 2.01. The molecular formula is C12H17BrN2O. The topological polar surface area (TPSA) is 25.4 Å². The number of alkyl halides is 1. The lowest BCUT2D eigenvalue weighted by Crippen LogP contribution is -2.47. The first-order valence-electron chi connectivity index (χ1n) is 5.58. The number of pyridine rings is 1. The fraction of sp³-hybridized carbons (Fsp3) is 0.583. The third kappa shape index (κ3) is 2.74. The minimum Gasteiger partial charge on any atom is -0.371 e. The van der Waals surface area contributed by atoms with Crippen LogP contribution in [0.5, 0.6) is 0 Å². The zero-order valence-corrected chi connectivity index (χ0v) is 11.3. The normalized spacial score (nSPS) is 25.8. The number of nitrogens with zero attached hydrogens (tertiary/aromatic N) is 2. The van der Waals surface area contributed by atoms with E-state index in [-0.39, 0.29) is 12.2 Å². The summed E-state index contributed by atoms with van der Waals surface area (Å²) in [7, 11) is 0. The molecule has 0 radical (unpaired) electrons.